The van der Waals surface area contributed by atoms with Crippen LogP contribution < -0.4 is 5.32 Å². The second kappa shape index (κ2) is 5.40. The van der Waals surface area contributed by atoms with Crippen LogP contribution in [-0.4, -0.2) is 28.3 Å². The minimum Gasteiger partial charge on any atom is -0.352 e. The van der Waals surface area contributed by atoms with Crippen LogP contribution in [0, 0.1) is 0 Å². The van der Waals surface area contributed by atoms with Crippen LogP contribution in [0.4, 0.5) is 0 Å². The molecule has 0 aromatic rings. The van der Waals surface area contributed by atoms with Crippen molar-refractivity contribution in [2.75, 3.05) is 6.54 Å². The number of allylic oxidation sites excluding steroid dienone is 2. The van der Waals surface area contributed by atoms with E-state index in [1.54, 1.807) is 6.08 Å². The fourth-order valence-electron chi connectivity index (χ4n) is 1.31. The number of nitrogens with one attached hydrogen (secondary N) is 1. The highest BCUT2D eigenvalue weighted by molar-refractivity contribution is 9.10. The molecule has 4 nitrogen and oxygen atoms in total. The molecule has 1 amide bonds. The first-order valence-corrected chi connectivity index (χ1v) is 6.00. The van der Waals surface area contributed by atoms with Gasteiger partial charge in [-0.05, 0) is 31.6 Å². The van der Waals surface area contributed by atoms with E-state index < -0.39 is 11.6 Å². The number of hydrogen-bond acceptors (Lipinski definition) is 3. The topological polar surface area (TPSA) is 63.2 Å². The summed E-state index contributed by atoms with van der Waals surface area (Å²) >= 11 is 3.37. The Labute approximate surface area is 108 Å². The highest BCUT2D eigenvalue weighted by Crippen LogP contribution is 2.19. The Hall–Kier alpha value is -1.23. The zero-order valence-corrected chi connectivity index (χ0v) is 11.3. The largest absolute Gasteiger partial charge is 0.352 e. The van der Waals surface area contributed by atoms with Crippen molar-refractivity contribution in [1.82, 2.24) is 5.32 Å². The van der Waals surface area contributed by atoms with Gasteiger partial charge in [-0.1, -0.05) is 22.0 Å². The van der Waals surface area contributed by atoms with Gasteiger partial charge < -0.3 is 5.32 Å². The molecule has 0 heterocycles. The van der Waals surface area contributed by atoms with Crippen LogP contribution >= 0.6 is 15.9 Å². The summed E-state index contributed by atoms with van der Waals surface area (Å²) in [6.45, 7) is 4.06. The van der Waals surface area contributed by atoms with Crippen LogP contribution in [-0.2, 0) is 14.4 Å². The number of hydrogen-bond donors (Lipinski definition) is 1. The first kappa shape index (κ1) is 13.8. The maximum Gasteiger partial charge on any atom is 0.226 e. The average molecular weight is 300 g/mol. The molecule has 0 radical (unpaired) electrons. The van der Waals surface area contributed by atoms with Gasteiger partial charge in [0.2, 0.25) is 17.5 Å². The van der Waals surface area contributed by atoms with Crippen LogP contribution in [0.3, 0.4) is 0 Å². The lowest BCUT2D eigenvalue weighted by Gasteiger charge is -2.15. The number of halogens is 1. The molecule has 5 heteroatoms. The van der Waals surface area contributed by atoms with Crippen molar-refractivity contribution < 1.29 is 14.4 Å². The molecule has 0 aromatic carbocycles. The van der Waals surface area contributed by atoms with E-state index in [4.69, 9.17) is 0 Å². The number of ketones is 2. The molecule has 17 heavy (non-hydrogen) atoms. The lowest BCUT2D eigenvalue weighted by Crippen LogP contribution is -2.31. The third-order valence-corrected chi connectivity index (χ3v) is 2.36. The van der Waals surface area contributed by atoms with E-state index in [-0.39, 0.29) is 16.8 Å². The molecule has 0 saturated carbocycles. The molecule has 0 spiro atoms. The second-order valence-corrected chi connectivity index (χ2v) is 6.60. The average Bonchev–Trinajstić information content (AvgIpc) is 2.17. The van der Waals surface area contributed by atoms with E-state index in [0.717, 1.165) is 0 Å². The third-order valence-electron chi connectivity index (χ3n) is 2.08. The van der Waals surface area contributed by atoms with E-state index in [1.165, 1.54) is 12.2 Å². The lowest BCUT2D eigenvalue weighted by atomic mass is 10.0. The third kappa shape index (κ3) is 5.08. The lowest BCUT2D eigenvalue weighted by molar-refractivity contribution is -0.131. The zero-order chi connectivity index (χ0) is 13.1. The van der Waals surface area contributed by atoms with Gasteiger partial charge in [-0.2, -0.15) is 0 Å². The van der Waals surface area contributed by atoms with E-state index in [0.29, 0.717) is 12.0 Å². The predicted octanol–water partition coefficient (Wildman–Crippen LogP) is 1.30. The molecule has 0 atom stereocenters. The number of carbonyl (C=O) groups excluding carboxylic acids is 3. The van der Waals surface area contributed by atoms with Crippen molar-refractivity contribution in [2.45, 2.75) is 24.6 Å². The van der Waals surface area contributed by atoms with Crippen molar-refractivity contribution >= 4 is 33.4 Å². The summed E-state index contributed by atoms with van der Waals surface area (Å²) in [7, 11) is 0. The van der Waals surface area contributed by atoms with Gasteiger partial charge in [-0.15, -0.1) is 0 Å². The van der Waals surface area contributed by atoms with E-state index in [9.17, 15) is 14.4 Å². The summed E-state index contributed by atoms with van der Waals surface area (Å²) in [6, 6.07) is 0. The van der Waals surface area contributed by atoms with Gasteiger partial charge >= 0.3 is 0 Å². The van der Waals surface area contributed by atoms with Gasteiger partial charge in [0.25, 0.3) is 0 Å². The first-order chi connectivity index (χ1) is 7.78. The second-order valence-electron chi connectivity index (χ2n) is 4.45. The number of alkyl halides is 1. The van der Waals surface area contributed by atoms with Crippen LogP contribution in [0.5, 0.6) is 0 Å². The quantitative estimate of drug-likeness (QED) is 0.483. The van der Waals surface area contributed by atoms with E-state index >= 15 is 0 Å². The minimum atomic E-state index is -0.544. The molecule has 0 saturated heterocycles. The van der Waals surface area contributed by atoms with Crippen LogP contribution in [0.15, 0.2) is 23.8 Å². The normalized spacial score (nSPS) is 15.8. The summed E-state index contributed by atoms with van der Waals surface area (Å²) in [5.41, 5.74) is 0.635. The molecular weight excluding hydrogens is 286 g/mol. The van der Waals surface area contributed by atoms with Gasteiger partial charge in [-0.25, -0.2) is 0 Å². The number of amides is 1. The molecule has 0 aliphatic heterocycles. The summed E-state index contributed by atoms with van der Waals surface area (Å²) < 4.78 is -0.250. The fourth-order valence-corrected chi connectivity index (χ4v) is 1.56. The molecule has 1 aliphatic rings. The molecule has 92 valence electrons. The Bertz CT molecular complexity index is 416. The number of rotatable bonds is 4. The van der Waals surface area contributed by atoms with Gasteiger partial charge in [0, 0.05) is 17.3 Å². The Kier molecular flexibility index (Phi) is 4.40. The summed E-state index contributed by atoms with van der Waals surface area (Å²) in [4.78, 5) is 33.5. The highest BCUT2D eigenvalue weighted by Gasteiger charge is 2.18. The SMILES string of the molecule is CC(C)(Br)CC(=O)NCC1=CC(=O)C(=O)C=C1. The smallest absolute Gasteiger partial charge is 0.226 e. The summed E-state index contributed by atoms with van der Waals surface area (Å²) in [5.74, 6) is -1.18. The molecule has 0 unspecified atom stereocenters. The maximum atomic E-state index is 11.5. The molecule has 1 rings (SSSR count). The summed E-state index contributed by atoms with van der Waals surface area (Å²) in [5, 5.41) is 2.69. The fraction of sp³-hybridized carbons (Fsp3) is 0.417. The minimum absolute atomic E-state index is 0.106. The van der Waals surface area contributed by atoms with Gasteiger partial charge in [0.1, 0.15) is 0 Å². The van der Waals surface area contributed by atoms with E-state index in [1.807, 2.05) is 13.8 Å². The van der Waals surface area contributed by atoms with Gasteiger partial charge in [0.05, 0.1) is 0 Å². The maximum absolute atomic E-state index is 11.5. The molecule has 0 bridgehead atoms. The van der Waals surface area contributed by atoms with Crippen molar-refractivity contribution in [1.29, 1.82) is 0 Å². The van der Waals surface area contributed by atoms with Crippen molar-refractivity contribution in [2.24, 2.45) is 0 Å². The van der Waals surface area contributed by atoms with Crippen LogP contribution in [0.1, 0.15) is 20.3 Å². The monoisotopic (exact) mass is 299 g/mol. The molecular formula is C12H14BrNO3. The highest BCUT2D eigenvalue weighted by atomic mass is 79.9. The first-order valence-electron chi connectivity index (χ1n) is 5.20. The Morgan fingerprint density at radius 1 is 1.29 bits per heavy atom. The van der Waals surface area contributed by atoms with Crippen molar-refractivity contribution in [3.05, 3.63) is 23.8 Å². The zero-order valence-electron chi connectivity index (χ0n) is 9.75. The van der Waals surface area contributed by atoms with Gasteiger partial charge in [0.15, 0.2) is 0 Å². The van der Waals surface area contributed by atoms with E-state index in [2.05, 4.69) is 21.2 Å². The summed E-state index contributed by atoms with van der Waals surface area (Å²) in [6.07, 6.45) is 4.36. The molecule has 0 fully saturated rings. The molecule has 1 aliphatic carbocycles. The van der Waals surface area contributed by atoms with Gasteiger partial charge in [-0.3, -0.25) is 14.4 Å². The van der Waals surface area contributed by atoms with Crippen molar-refractivity contribution in [3.8, 4) is 0 Å². The van der Waals surface area contributed by atoms with Crippen LogP contribution in [0.25, 0.3) is 0 Å². The Balaban J connectivity index is 2.45. The Morgan fingerprint density at radius 2 is 1.94 bits per heavy atom. The molecule has 1 N–H and O–H groups in total. The number of carbonyl (C=O) groups is 3. The molecule has 0 aromatic heterocycles. The Morgan fingerprint density at radius 3 is 2.47 bits per heavy atom. The predicted molar refractivity (Wildman–Crippen MR) is 67.9 cm³/mol. The van der Waals surface area contributed by atoms with Crippen molar-refractivity contribution in [3.63, 3.8) is 0 Å². The standard InChI is InChI=1S/C12H14BrNO3/c1-12(2,13)6-11(17)14-7-8-3-4-9(15)10(16)5-8/h3-5H,6-7H2,1-2H3,(H,14,17). The van der Waals surface area contributed by atoms with Crippen LogP contribution in [0.2, 0.25) is 0 Å².